The summed E-state index contributed by atoms with van der Waals surface area (Å²) in [5, 5.41) is 2.85. The van der Waals surface area contributed by atoms with E-state index in [0.29, 0.717) is 22.4 Å². The van der Waals surface area contributed by atoms with Gasteiger partial charge in [-0.3, -0.25) is 19.3 Å². The first-order valence-corrected chi connectivity index (χ1v) is 8.34. The number of thioether (sulfide) groups is 1. The summed E-state index contributed by atoms with van der Waals surface area (Å²) >= 11 is 6.65. The van der Waals surface area contributed by atoms with Crippen LogP contribution in [0.4, 0.5) is 4.79 Å². The molecule has 0 unspecified atom stereocenters. The Balaban J connectivity index is 2.04. The first-order valence-electron chi connectivity index (χ1n) is 7.14. The molecule has 3 amide bonds. The largest absolute Gasteiger partial charge is 0.354 e. The number of carbonyl (C=O) groups is 3. The van der Waals surface area contributed by atoms with Gasteiger partial charge in [0.1, 0.15) is 6.54 Å². The van der Waals surface area contributed by atoms with E-state index in [1.54, 1.807) is 30.3 Å². The molecule has 0 radical (unpaired) electrons. The number of rotatable bonds is 5. The summed E-state index contributed by atoms with van der Waals surface area (Å²) in [7, 11) is 0. The normalized spacial score (nSPS) is 16.5. The smallest absolute Gasteiger partial charge is 0.294 e. The zero-order chi connectivity index (χ0) is 17.0. The van der Waals surface area contributed by atoms with Crippen LogP contribution in [-0.2, 0) is 9.59 Å². The molecule has 1 aromatic carbocycles. The van der Waals surface area contributed by atoms with Crippen molar-refractivity contribution in [2.24, 2.45) is 5.92 Å². The second-order valence-electron chi connectivity index (χ2n) is 5.52. The first-order chi connectivity index (χ1) is 10.9. The summed E-state index contributed by atoms with van der Waals surface area (Å²) in [6, 6.07) is 6.92. The van der Waals surface area contributed by atoms with Crippen LogP contribution in [0.2, 0.25) is 5.02 Å². The van der Waals surface area contributed by atoms with Crippen molar-refractivity contribution in [2.45, 2.75) is 13.8 Å². The number of nitrogens with zero attached hydrogens (tertiary/aromatic N) is 1. The Hall–Kier alpha value is -1.79. The topological polar surface area (TPSA) is 66.5 Å². The highest BCUT2D eigenvalue weighted by molar-refractivity contribution is 8.18. The molecule has 7 heteroatoms. The molecule has 0 saturated carbocycles. The number of benzene rings is 1. The van der Waals surface area contributed by atoms with Gasteiger partial charge >= 0.3 is 0 Å². The number of halogens is 1. The van der Waals surface area contributed by atoms with E-state index in [1.807, 2.05) is 13.8 Å². The third kappa shape index (κ3) is 4.84. The predicted molar refractivity (Wildman–Crippen MR) is 92.0 cm³/mol. The van der Waals surface area contributed by atoms with Gasteiger partial charge in [0.25, 0.3) is 11.1 Å². The van der Waals surface area contributed by atoms with Crippen LogP contribution >= 0.6 is 23.4 Å². The van der Waals surface area contributed by atoms with Gasteiger partial charge in [-0.1, -0.05) is 37.6 Å². The van der Waals surface area contributed by atoms with Crippen LogP contribution in [0.3, 0.4) is 0 Å². The molecule has 1 N–H and O–H groups in total. The molecule has 23 heavy (non-hydrogen) atoms. The van der Waals surface area contributed by atoms with Crippen molar-refractivity contribution >= 4 is 46.5 Å². The van der Waals surface area contributed by atoms with Crippen LogP contribution in [0.1, 0.15) is 19.4 Å². The Morgan fingerprint density at radius 2 is 1.96 bits per heavy atom. The van der Waals surface area contributed by atoms with Crippen molar-refractivity contribution in [1.82, 2.24) is 10.2 Å². The number of hydrogen-bond acceptors (Lipinski definition) is 4. The molecular weight excluding hydrogens is 336 g/mol. The van der Waals surface area contributed by atoms with Crippen molar-refractivity contribution in [3.05, 3.63) is 39.8 Å². The molecule has 2 rings (SSSR count). The summed E-state index contributed by atoms with van der Waals surface area (Å²) < 4.78 is 0. The van der Waals surface area contributed by atoms with Crippen molar-refractivity contribution in [2.75, 3.05) is 13.1 Å². The molecule has 1 saturated heterocycles. The summed E-state index contributed by atoms with van der Waals surface area (Å²) in [5.74, 6) is -0.484. The summed E-state index contributed by atoms with van der Waals surface area (Å²) in [4.78, 5) is 37.3. The number of imide groups is 1. The van der Waals surface area contributed by atoms with Gasteiger partial charge in [0, 0.05) is 11.6 Å². The Morgan fingerprint density at radius 1 is 1.30 bits per heavy atom. The monoisotopic (exact) mass is 352 g/mol. The van der Waals surface area contributed by atoms with Gasteiger partial charge in [-0.2, -0.15) is 0 Å². The summed E-state index contributed by atoms with van der Waals surface area (Å²) in [6.45, 7) is 4.19. The maximum atomic E-state index is 12.3. The minimum atomic E-state index is -0.449. The van der Waals surface area contributed by atoms with Gasteiger partial charge in [-0.05, 0) is 41.5 Å². The Bertz CT molecular complexity index is 656. The lowest BCUT2D eigenvalue weighted by atomic mass is 10.2. The quantitative estimate of drug-likeness (QED) is 0.827. The predicted octanol–water partition coefficient (Wildman–Crippen LogP) is 3.15. The molecule has 1 aliphatic heterocycles. The highest BCUT2D eigenvalue weighted by Crippen LogP contribution is 2.32. The molecule has 1 fully saturated rings. The van der Waals surface area contributed by atoms with Gasteiger partial charge in [0.2, 0.25) is 5.91 Å². The molecule has 0 atom stereocenters. The van der Waals surface area contributed by atoms with Crippen molar-refractivity contribution in [3.63, 3.8) is 0 Å². The molecule has 122 valence electrons. The van der Waals surface area contributed by atoms with Crippen LogP contribution in [0.15, 0.2) is 29.2 Å². The van der Waals surface area contributed by atoms with Gasteiger partial charge in [-0.25, -0.2) is 0 Å². The Labute approximate surface area is 144 Å². The molecule has 0 aliphatic carbocycles. The fourth-order valence-corrected chi connectivity index (χ4v) is 2.83. The lowest BCUT2D eigenvalue weighted by molar-refractivity contribution is -0.129. The van der Waals surface area contributed by atoms with Crippen LogP contribution < -0.4 is 5.32 Å². The van der Waals surface area contributed by atoms with Gasteiger partial charge in [0.05, 0.1) is 4.91 Å². The van der Waals surface area contributed by atoms with E-state index in [9.17, 15) is 14.4 Å². The first kappa shape index (κ1) is 17.6. The third-order valence-electron chi connectivity index (χ3n) is 3.05. The van der Waals surface area contributed by atoms with Gasteiger partial charge in [0.15, 0.2) is 0 Å². The van der Waals surface area contributed by atoms with E-state index in [0.717, 1.165) is 22.2 Å². The second-order valence-corrected chi connectivity index (χ2v) is 6.95. The van der Waals surface area contributed by atoms with Gasteiger partial charge in [-0.15, -0.1) is 0 Å². The molecule has 1 heterocycles. The molecule has 0 aromatic heterocycles. The average Bonchev–Trinajstić information content (AvgIpc) is 2.75. The highest BCUT2D eigenvalue weighted by atomic mass is 35.5. The second kappa shape index (κ2) is 7.66. The molecule has 0 bridgehead atoms. The summed E-state index contributed by atoms with van der Waals surface area (Å²) in [6.07, 6.45) is 1.62. The van der Waals surface area contributed by atoms with Crippen LogP contribution in [0.5, 0.6) is 0 Å². The van der Waals surface area contributed by atoms with Gasteiger partial charge < -0.3 is 5.32 Å². The van der Waals surface area contributed by atoms with E-state index in [-0.39, 0.29) is 12.5 Å². The molecule has 5 nitrogen and oxygen atoms in total. The SMILES string of the molecule is CC(C)CNC(=O)CN1C(=O)S/C(=C\c2ccc(Cl)cc2)C1=O. The third-order valence-corrected chi connectivity index (χ3v) is 4.21. The zero-order valence-corrected chi connectivity index (χ0v) is 14.4. The Morgan fingerprint density at radius 3 is 2.57 bits per heavy atom. The lowest BCUT2D eigenvalue weighted by Crippen LogP contribution is -2.40. The Kier molecular flexibility index (Phi) is 5.85. The fourth-order valence-electron chi connectivity index (χ4n) is 1.86. The van der Waals surface area contributed by atoms with Crippen LogP contribution in [0.25, 0.3) is 6.08 Å². The number of carbonyl (C=O) groups excluding carboxylic acids is 3. The summed E-state index contributed by atoms with van der Waals surface area (Å²) in [5.41, 5.74) is 0.768. The van der Waals surface area contributed by atoms with E-state index >= 15 is 0 Å². The highest BCUT2D eigenvalue weighted by Gasteiger charge is 2.36. The van der Waals surface area contributed by atoms with E-state index in [4.69, 9.17) is 11.6 Å². The van der Waals surface area contributed by atoms with Crippen molar-refractivity contribution < 1.29 is 14.4 Å². The lowest BCUT2D eigenvalue weighted by Gasteiger charge is -2.13. The molecule has 1 aromatic rings. The van der Waals surface area contributed by atoms with E-state index in [1.165, 1.54) is 0 Å². The minimum Gasteiger partial charge on any atom is -0.354 e. The van der Waals surface area contributed by atoms with Crippen molar-refractivity contribution in [1.29, 1.82) is 0 Å². The average molecular weight is 353 g/mol. The number of nitrogens with one attached hydrogen (secondary N) is 1. The maximum absolute atomic E-state index is 12.3. The number of amides is 3. The number of hydrogen-bond donors (Lipinski definition) is 1. The van der Waals surface area contributed by atoms with E-state index in [2.05, 4.69) is 5.32 Å². The zero-order valence-electron chi connectivity index (χ0n) is 12.8. The van der Waals surface area contributed by atoms with Crippen LogP contribution in [0, 0.1) is 5.92 Å². The van der Waals surface area contributed by atoms with Crippen LogP contribution in [-0.4, -0.2) is 35.0 Å². The minimum absolute atomic E-state index is 0.255. The molecular formula is C16H17ClN2O3S. The van der Waals surface area contributed by atoms with E-state index < -0.39 is 11.1 Å². The molecule has 0 spiro atoms. The molecule has 1 aliphatic rings. The maximum Gasteiger partial charge on any atom is 0.294 e. The standard InChI is InChI=1S/C16H17ClN2O3S/c1-10(2)8-18-14(20)9-19-15(21)13(23-16(19)22)7-11-3-5-12(17)6-4-11/h3-7,10H,8-9H2,1-2H3,(H,18,20)/b13-7-. The fraction of sp³-hybridized carbons (Fsp3) is 0.312. The van der Waals surface area contributed by atoms with Crippen molar-refractivity contribution in [3.8, 4) is 0 Å².